The fraction of sp³-hybridized carbons (Fsp3) is 0. The van der Waals surface area contributed by atoms with Crippen LogP contribution in [0.4, 0.5) is 0 Å². The monoisotopic (exact) mass is 160 g/mol. The number of ether oxygens (including phenoxy) is 1. The molecule has 0 atom stereocenters. The average Bonchev–Trinajstić information content (AvgIpc) is 2.25. The van der Waals surface area contributed by atoms with Crippen molar-refractivity contribution in [1.82, 2.24) is 0 Å². The quantitative estimate of drug-likeness (QED) is 0.631. The van der Waals surface area contributed by atoms with E-state index in [1.807, 2.05) is 24.3 Å². The van der Waals surface area contributed by atoms with E-state index in [1.54, 1.807) is 6.08 Å². The normalized spacial score (nSPS) is 14.2. The Hall–Kier alpha value is -1.70. The van der Waals surface area contributed by atoms with E-state index >= 15 is 0 Å². The van der Waals surface area contributed by atoms with E-state index in [0.717, 1.165) is 11.3 Å². The van der Waals surface area contributed by atoms with Crippen molar-refractivity contribution in [3.63, 3.8) is 0 Å². The van der Waals surface area contributed by atoms with Gasteiger partial charge in [-0.05, 0) is 12.1 Å². The van der Waals surface area contributed by atoms with Gasteiger partial charge < -0.3 is 9.84 Å². The highest BCUT2D eigenvalue weighted by Crippen LogP contribution is 2.22. The number of para-hydroxylation sites is 1. The van der Waals surface area contributed by atoms with E-state index in [0.29, 0.717) is 0 Å². The van der Waals surface area contributed by atoms with Gasteiger partial charge in [0, 0.05) is 11.6 Å². The third kappa shape index (κ3) is 1.19. The average molecular weight is 160 g/mol. The van der Waals surface area contributed by atoms with Gasteiger partial charge in [-0.15, -0.1) is 0 Å². The Bertz CT molecular complexity index is 351. The largest absolute Gasteiger partial charge is 0.508 e. The van der Waals surface area contributed by atoms with Crippen LogP contribution in [0.25, 0.3) is 6.08 Å². The van der Waals surface area contributed by atoms with Crippen LogP contribution in [0.3, 0.4) is 0 Å². The van der Waals surface area contributed by atoms with Gasteiger partial charge in [0.1, 0.15) is 11.5 Å². The number of hydrogen-bond acceptors (Lipinski definition) is 2. The third-order valence-corrected chi connectivity index (χ3v) is 1.66. The zero-order chi connectivity index (χ0) is 8.39. The first-order chi connectivity index (χ1) is 5.86. The second-order valence-corrected chi connectivity index (χ2v) is 2.53. The Balaban J connectivity index is 2.54. The Morgan fingerprint density at radius 2 is 2.00 bits per heavy atom. The van der Waals surface area contributed by atoms with Gasteiger partial charge in [0.05, 0.1) is 6.26 Å². The minimum Gasteiger partial charge on any atom is -0.508 e. The lowest BCUT2D eigenvalue weighted by Crippen LogP contribution is -1.82. The maximum absolute atomic E-state index is 9.23. The highest BCUT2D eigenvalue weighted by molar-refractivity contribution is 5.61. The molecule has 0 aliphatic carbocycles. The van der Waals surface area contributed by atoms with E-state index in [-0.39, 0.29) is 5.76 Å². The molecular formula is C10H8O2. The fourth-order valence-corrected chi connectivity index (χ4v) is 1.09. The third-order valence-electron chi connectivity index (χ3n) is 1.66. The van der Waals surface area contributed by atoms with Crippen LogP contribution in [0.15, 0.2) is 42.4 Å². The minimum absolute atomic E-state index is 0.208. The van der Waals surface area contributed by atoms with Crippen LogP contribution in [0.5, 0.6) is 5.75 Å². The number of rotatable bonds is 0. The standard InChI is InChI=1S/C10H8O2/c11-9-5-6-12-10-4-2-1-3-8(10)7-9/h1-7,11H. The van der Waals surface area contributed by atoms with Crippen LogP contribution < -0.4 is 4.74 Å². The first-order valence-electron chi connectivity index (χ1n) is 3.69. The molecule has 0 spiro atoms. The molecule has 1 aromatic rings. The summed E-state index contributed by atoms with van der Waals surface area (Å²) in [4.78, 5) is 0. The summed E-state index contributed by atoms with van der Waals surface area (Å²) in [7, 11) is 0. The zero-order valence-electron chi connectivity index (χ0n) is 6.40. The Labute approximate surface area is 70.4 Å². The van der Waals surface area contributed by atoms with Crippen molar-refractivity contribution in [1.29, 1.82) is 0 Å². The molecule has 0 amide bonds. The van der Waals surface area contributed by atoms with Gasteiger partial charge >= 0.3 is 0 Å². The Morgan fingerprint density at radius 1 is 1.17 bits per heavy atom. The molecule has 0 aromatic heterocycles. The molecule has 0 unspecified atom stereocenters. The predicted molar refractivity (Wildman–Crippen MR) is 46.8 cm³/mol. The lowest BCUT2D eigenvalue weighted by atomic mass is 10.2. The fourth-order valence-electron chi connectivity index (χ4n) is 1.09. The molecule has 60 valence electrons. The highest BCUT2D eigenvalue weighted by atomic mass is 16.5. The van der Waals surface area contributed by atoms with Crippen molar-refractivity contribution in [3.05, 3.63) is 47.9 Å². The molecule has 2 heteroatoms. The summed E-state index contributed by atoms with van der Waals surface area (Å²) in [5.41, 5.74) is 0.889. The highest BCUT2D eigenvalue weighted by Gasteiger charge is 2.02. The summed E-state index contributed by atoms with van der Waals surface area (Å²) in [5, 5.41) is 9.23. The number of fused-ring (bicyclic) bond motifs is 1. The van der Waals surface area contributed by atoms with Crippen molar-refractivity contribution in [2.24, 2.45) is 0 Å². The Morgan fingerprint density at radius 3 is 2.92 bits per heavy atom. The van der Waals surface area contributed by atoms with Gasteiger partial charge in [0.15, 0.2) is 0 Å². The molecule has 0 radical (unpaired) electrons. The van der Waals surface area contributed by atoms with Crippen molar-refractivity contribution in [3.8, 4) is 5.75 Å². The second kappa shape index (κ2) is 2.74. The summed E-state index contributed by atoms with van der Waals surface area (Å²) in [5.74, 6) is 0.970. The molecule has 2 nitrogen and oxygen atoms in total. The van der Waals surface area contributed by atoms with Crippen molar-refractivity contribution >= 4 is 6.08 Å². The molecule has 1 aliphatic heterocycles. The summed E-state index contributed by atoms with van der Waals surface area (Å²) >= 11 is 0. The van der Waals surface area contributed by atoms with Crippen molar-refractivity contribution < 1.29 is 9.84 Å². The molecule has 1 aromatic carbocycles. The number of aliphatic hydroxyl groups is 1. The molecule has 0 saturated heterocycles. The summed E-state index contributed by atoms with van der Waals surface area (Å²) < 4.78 is 5.23. The molecule has 12 heavy (non-hydrogen) atoms. The molecule has 2 rings (SSSR count). The van der Waals surface area contributed by atoms with Gasteiger partial charge in [-0.3, -0.25) is 0 Å². The number of allylic oxidation sites excluding steroid dienone is 1. The zero-order valence-corrected chi connectivity index (χ0v) is 6.40. The van der Waals surface area contributed by atoms with E-state index < -0.39 is 0 Å². The van der Waals surface area contributed by atoms with E-state index in [2.05, 4.69) is 0 Å². The summed E-state index contributed by atoms with van der Waals surface area (Å²) in [6.07, 6.45) is 4.65. The molecule has 1 N–H and O–H groups in total. The van der Waals surface area contributed by atoms with Crippen LogP contribution in [-0.2, 0) is 0 Å². The van der Waals surface area contributed by atoms with E-state index in [4.69, 9.17) is 4.74 Å². The number of aliphatic hydroxyl groups excluding tert-OH is 1. The van der Waals surface area contributed by atoms with Crippen molar-refractivity contribution in [2.45, 2.75) is 0 Å². The maximum Gasteiger partial charge on any atom is 0.133 e. The minimum atomic E-state index is 0.208. The predicted octanol–water partition coefficient (Wildman–Crippen LogP) is 2.49. The van der Waals surface area contributed by atoms with Gasteiger partial charge in [-0.2, -0.15) is 0 Å². The van der Waals surface area contributed by atoms with Gasteiger partial charge in [0.25, 0.3) is 0 Å². The summed E-state index contributed by atoms with van der Waals surface area (Å²) in [6, 6.07) is 7.54. The molecule has 1 aliphatic rings. The first-order valence-corrected chi connectivity index (χ1v) is 3.69. The van der Waals surface area contributed by atoms with Crippen LogP contribution in [0.1, 0.15) is 5.56 Å². The maximum atomic E-state index is 9.23. The number of hydrogen-bond donors (Lipinski definition) is 1. The second-order valence-electron chi connectivity index (χ2n) is 2.53. The molecule has 0 bridgehead atoms. The molecule has 1 heterocycles. The lowest BCUT2D eigenvalue weighted by Gasteiger charge is -2.00. The Kier molecular flexibility index (Phi) is 1.59. The summed E-state index contributed by atoms with van der Waals surface area (Å²) in [6.45, 7) is 0. The van der Waals surface area contributed by atoms with E-state index in [1.165, 1.54) is 12.3 Å². The van der Waals surface area contributed by atoms with Crippen LogP contribution in [-0.4, -0.2) is 5.11 Å². The molecule has 0 fully saturated rings. The lowest BCUT2D eigenvalue weighted by molar-refractivity contribution is 0.431. The van der Waals surface area contributed by atoms with Crippen LogP contribution in [0, 0.1) is 0 Å². The van der Waals surface area contributed by atoms with Crippen LogP contribution in [0.2, 0.25) is 0 Å². The molecule has 0 saturated carbocycles. The van der Waals surface area contributed by atoms with Crippen molar-refractivity contribution in [2.75, 3.05) is 0 Å². The van der Waals surface area contributed by atoms with E-state index in [9.17, 15) is 5.11 Å². The van der Waals surface area contributed by atoms with Crippen LogP contribution >= 0.6 is 0 Å². The molecular weight excluding hydrogens is 152 g/mol. The topological polar surface area (TPSA) is 29.5 Å². The van der Waals surface area contributed by atoms with Gasteiger partial charge in [-0.25, -0.2) is 0 Å². The first kappa shape index (κ1) is 6.98. The number of benzene rings is 1. The van der Waals surface area contributed by atoms with Gasteiger partial charge in [-0.1, -0.05) is 18.2 Å². The van der Waals surface area contributed by atoms with Gasteiger partial charge in [0.2, 0.25) is 0 Å². The smallest absolute Gasteiger partial charge is 0.133 e. The SMILES string of the molecule is OC1=Cc2ccccc2OC=C1.